The van der Waals surface area contributed by atoms with Crippen LogP contribution in [0.25, 0.3) is 0 Å². The van der Waals surface area contributed by atoms with Crippen molar-refractivity contribution in [3.05, 3.63) is 24.3 Å². The van der Waals surface area contributed by atoms with Gasteiger partial charge in [0.15, 0.2) is 11.1 Å². The first-order valence-electron chi connectivity index (χ1n) is 5.26. The van der Waals surface area contributed by atoms with Gasteiger partial charge in [0.05, 0.1) is 12.9 Å². The van der Waals surface area contributed by atoms with Crippen molar-refractivity contribution in [2.75, 3.05) is 18.2 Å². The molecule has 0 aliphatic carbocycles. The number of hydrogen-bond donors (Lipinski definition) is 4. The summed E-state index contributed by atoms with van der Waals surface area (Å²) in [4.78, 5) is 15.1. The molecular formula is C11H15N5O2S. The molecule has 6 N–H and O–H groups in total. The van der Waals surface area contributed by atoms with Gasteiger partial charge in [-0.25, -0.2) is 0 Å². The van der Waals surface area contributed by atoms with Gasteiger partial charge in [-0.15, -0.1) is 0 Å². The minimum Gasteiger partial charge on any atom is -0.497 e. The van der Waals surface area contributed by atoms with E-state index in [2.05, 4.69) is 10.3 Å². The molecule has 0 fully saturated rings. The Balaban J connectivity index is 2.47. The summed E-state index contributed by atoms with van der Waals surface area (Å²) >= 11 is 0.935. The van der Waals surface area contributed by atoms with Crippen LogP contribution >= 0.6 is 11.8 Å². The van der Waals surface area contributed by atoms with Crippen LogP contribution in [0.15, 0.2) is 29.3 Å². The Labute approximate surface area is 114 Å². The fourth-order valence-electron chi connectivity index (χ4n) is 1.18. The van der Waals surface area contributed by atoms with Crippen molar-refractivity contribution >= 4 is 34.5 Å². The number of nitrogens with one attached hydrogen (secondary N) is 2. The molecule has 0 spiro atoms. The van der Waals surface area contributed by atoms with Gasteiger partial charge in [-0.1, -0.05) is 17.8 Å². The number of nitrogens with zero attached hydrogens (tertiary/aromatic N) is 1. The number of ether oxygens (including phenoxy) is 1. The van der Waals surface area contributed by atoms with E-state index in [1.807, 2.05) is 0 Å². The smallest absolute Gasteiger partial charge is 0.234 e. The molecule has 19 heavy (non-hydrogen) atoms. The van der Waals surface area contributed by atoms with Gasteiger partial charge in [-0.05, 0) is 12.1 Å². The number of thioether (sulfide) groups is 1. The van der Waals surface area contributed by atoms with Gasteiger partial charge in [0.25, 0.3) is 0 Å². The number of nitrogens with two attached hydrogens (primary N) is 2. The first-order chi connectivity index (χ1) is 9.01. The molecule has 1 rings (SSSR count). The van der Waals surface area contributed by atoms with Crippen molar-refractivity contribution in [3.8, 4) is 5.75 Å². The number of amidine groups is 1. The predicted molar refractivity (Wildman–Crippen MR) is 77.6 cm³/mol. The molecule has 0 radical (unpaired) electrons. The van der Waals surface area contributed by atoms with E-state index in [1.165, 1.54) is 0 Å². The zero-order valence-electron chi connectivity index (χ0n) is 10.3. The van der Waals surface area contributed by atoms with Crippen LogP contribution in [0.5, 0.6) is 5.75 Å². The highest BCUT2D eigenvalue weighted by Gasteiger charge is 2.05. The molecule has 1 aromatic carbocycles. The number of anilines is 1. The lowest BCUT2D eigenvalue weighted by Crippen LogP contribution is -2.24. The number of rotatable bonds is 4. The Bertz CT molecular complexity index is 500. The summed E-state index contributed by atoms with van der Waals surface area (Å²) in [5.41, 5.74) is 10.9. The van der Waals surface area contributed by atoms with Gasteiger partial charge in [-0.3, -0.25) is 10.2 Å². The molecule has 1 amide bonds. The van der Waals surface area contributed by atoms with Crippen molar-refractivity contribution in [2.24, 2.45) is 16.5 Å². The Morgan fingerprint density at radius 1 is 1.53 bits per heavy atom. The van der Waals surface area contributed by atoms with Gasteiger partial charge in [0, 0.05) is 11.8 Å². The Hall–Kier alpha value is -2.22. The molecular weight excluding hydrogens is 266 g/mol. The zero-order chi connectivity index (χ0) is 14.3. The number of carbonyl (C=O) groups is 1. The maximum absolute atomic E-state index is 11.6. The van der Waals surface area contributed by atoms with Crippen LogP contribution in [-0.4, -0.2) is 29.9 Å². The van der Waals surface area contributed by atoms with Crippen LogP contribution in [0, 0.1) is 5.41 Å². The van der Waals surface area contributed by atoms with Crippen molar-refractivity contribution in [1.29, 1.82) is 5.41 Å². The number of guanidine groups is 1. The molecule has 0 bridgehead atoms. The van der Waals surface area contributed by atoms with Gasteiger partial charge in [-0.2, -0.15) is 4.99 Å². The van der Waals surface area contributed by atoms with Crippen molar-refractivity contribution in [3.63, 3.8) is 0 Å². The van der Waals surface area contributed by atoms with Gasteiger partial charge >= 0.3 is 0 Å². The quantitative estimate of drug-likeness (QED) is 0.474. The maximum atomic E-state index is 11.6. The van der Waals surface area contributed by atoms with Crippen LogP contribution in [0.2, 0.25) is 0 Å². The molecule has 0 saturated carbocycles. The SMILES string of the molecule is COc1cccc(NC(=O)CSC(=N)N=C(N)N)c1. The maximum Gasteiger partial charge on any atom is 0.234 e. The Morgan fingerprint density at radius 3 is 2.89 bits per heavy atom. The van der Waals surface area contributed by atoms with Crippen LogP contribution in [-0.2, 0) is 4.79 Å². The summed E-state index contributed by atoms with van der Waals surface area (Å²) in [6.07, 6.45) is 0. The number of carbonyl (C=O) groups excluding carboxylic acids is 1. The van der Waals surface area contributed by atoms with Gasteiger partial charge in [0.1, 0.15) is 5.75 Å². The van der Waals surface area contributed by atoms with Crippen LogP contribution in [0.3, 0.4) is 0 Å². The lowest BCUT2D eigenvalue weighted by molar-refractivity contribution is -0.113. The van der Waals surface area contributed by atoms with E-state index in [9.17, 15) is 4.79 Å². The highest BCUT2D eigenvalue weighted by Crippen LogP contribution is 2.17. The standard InChI is InChI=1S/C11H15N5O2S/c1-18-8-4-2-3-7(5-8)15-9(17)6-19-11(14)16-10(12)13/h2-5H,6H2,1H3,(H,15,17)(H5,12,13,14,16). The molecule has 0 heterocycles. The molecule has 8 heteroatoms. The number of benzene rings is 1. The van der Waals surface area contributed by atoms with Crippen LogP contribution < -0.4 is 21.5 Å². The highest BCUT2D eigenvalue weighted by atomic mass is 32.2. The highest BCUT2D eigenvalue weighted by molar-refractivity contribution is 8.14. The zero-order valence-corrected chi connectivity index (χ0v) is 11.2. The van der Waals surface area contributed by atoms with E-state index in [0.717, 1.165) is 11.8 Å². The summed E-state index contributed by atoms with van der Waals surface area (Å²) in [5.74, 6) is 0.241. The largest absolute Gasteiger partial charge is 0.497 e. The lowest BCUT2D eigenvalue weighted by Gasteiger charge is -2.06. The van der Waals surface area contributed by atoms with E-state index >= 15 is 0 Å². The van der Waals surface area contributed by atoms with Crippen LogP contribution in [0.1, 0.15) is 0 Å². The molecule has 1 aromatic rings. The first-order valence-corrected chi connectivity index (χ1v) is 6.24. The second-order valence-electron chi connectivity index (χ2n) is 3.41. The molecule has 0 atom stereocenters. The third-order valence-corrected chi connectivity index (χ3v) is 2.70. The van der Waals surface area contributed by atoms with E-state index in [1.54, 1.807) is 31.4 Å². The molecule has 0 aliphatic rings. The van der Waals surface area contributed by atoms with E-state index in [4.69, 9.17) is 21.6 Å². The predicted octanol–water partition coefficient (Wildman–Crippen LogP) is 0.575. The van der Waals surface area contributed by atoms with E-state index in [0.29, 0.717) is 11.4 Å². The van der Waals surface area contributed by atoms with E-state index < -0.39 is 0 Å². The summed E-state index contributed by atoms with van der Waals surface area (Å²) < 4.78 is 5.04. The monoisotopic (exact) mass is 281 g/mol. The third kappa shape index (κ3) is 5.77. The fraction of sp³-hybridized carbons (Fsp3) is 0.182. The second kappa shape index (κ2) is 7.27. The Kier molecular flexibility index (Phi) is 5.68. The average molecular weight is 281 g/mol. The number of aliphatic imine (C=N–C) groups is 1. The molecule has 0 aliphatic heterocycles. The number of hydrogen-bond acceptors (Lipinski definition) is 4. The molecule has 102 valence electrons. The molecule has 0 unspecified atom stereocenters. The lowest BCUT2D eigenvalue weighted by atomic mass is 10.3. The summed E-state index contributed by atoms with van der Waals surface area (Å²) in [7, 11) is 1.55. The molecule has 0 saturated heterocycles. The summed E-state index contributed by atoms with van der Waals surface area (Å²) in [6, 6.07) is 6.98. The summed E-state index contributed by atoms with van der Waals surface area (Å²) in [6.45, 7) is 0. The van der Waals surface area contributed by atoms with Gasteiger partial charge in [0.2, 0.25) is 5.91 Å². The summed E-state index contributed by atoms with van der Waals surface area (Å²) in [5, 5.41) is 9.94. The first kappa shape index (κ1) is 14.8. The van der Waals surface area contributed by atoms with E-state index in [-0.39, 0.29) is 22.8 Å². The fourth-order valence-corrected chi connectivity index (χ4v) is 1.69. The number of methoxy groups -OCH3 is 1. The van der Waals surface area contributed by atoms with Crippen molar-refractivity contribution < 1.29 is 9.53 Å². The minimum atomic E-state index is -0.256. The average Bonchev–Trinajstić information content (AvgIpc) is 2.36. The van der Waals surface area contributed by atoms with Gasteiger partial charge < -0.3 is 21.5 Å². The van der Waals surface area contributed by atoms with Crippen molar-refractivity contribution in [2.45, 2.75) is 0 Å². The third-order valence-electron chi connectivity index (χ3n) is 1.92. The molecule has 0 aromatic heterocycles. The topological polar surface area (TPSA) is 127 Å². The van der Waals surface area contributed by atoms with Crippen molar-refractivity contribution in [1.82, 2.24) is 0 Å². The minimum absolute atomic E-state index is 0.0484. The van der Waals surface area contributed by atoms with Crippen LogP contribution in [0.4, 0.5) is 5.69 Å². The second-order valence-corrected chi connectivity index (χ2v) is 4.37. The molecule has 7 nitrogen and oxygen atoms in total. The number of amides is 1. The Morgan fingerprint density at radius 2 is 2.26 bits per heavy atom. The normalized spacial score (nSPS) is 9.53.